The van der Waals surface area contributed by atoms with Crippen LogP contribution in [0.3, 0.4) is 0 Å². The fraction of sp³-hybridized carbons (Fsp3) is 0.174. The van der Waals surface area contributed by atoms with Crippen molar-refractivity contribution >= 4 is 29.0 Å². The number of hydrogen-bond acceptors (Lipinski definition) is 5. The van der Waals surface area contributed by atoms with Gasteiger partial charge in [0, 0.05) is 11.8 Å². The predicted molar refractivity (Wildman–Crippen MR) is 125 cm³/mol. The highest BCUT2D eigenvalue weighted by atomic mass is 35.5. The maximum Gasteiger partial charge on any atom is 0.312 e. The first kappa shape index (κ1) is 23.1. The Hall–Kier alpha value is -4.05. The lowest BCUT2D eigenvalue weighted by molar-refractivity contribution is -0.386. The molecule has 0 fully saturated rings. The Morgan fingerprint density at radius 2 is 1.85 bits per heavy atom. The van der Waals surface area contributed by atoms with Crippen LogP contribution in [-0.4, -0.2) is 30.4 Å². The molecule has 0 aliphatic rings. The van der Waals surface area contributed by atoms with E-state index in [1.54, 1.807) is 59.7 Å². The van der Waals surface area contributed by atoms with Crippen LogP contribution in [0.1, 0.15) is 32.9 Å². The molecule has 0 saturated heterocycles. The van der Waals surface area contributed by atoms with Gasteiger partial charge in [0.25, 0.3) is 5.91 Å². The molecule has 0 spiro atoms. The monoisotopic (exact) mass is 482 g/mol. The van der Waals surface area contributed by atoms with Crippen molar-refractivity contribution in [2.45, 2.75) is 26.9 Å². The van der Waals surface area contributed by atoms with Gasteiger partial charge in [0.05, 0.1) is 18.0 Å². The fourth-order valence-corrected chi connectivity index (χ4v) is 3.81. The average molecular weight is 483 g/mol. The molecular formula is C23H20ClFN6O3. The van der Waals surface area contributed by atoms with Crippen LogP contribution in [0, 0.1) is 29.8 Å². The van der Waals surface area contributed by atoms with E-state index in [-0.39, 0.29) is 28.9 Å². The fourth-order valence-electron chi connectivity index (χ4n) is 3.61. The van der Waals surface area contributed by atoms with Crippen LogP contribution in [0.5, 0.6) is 0 Å². The highest BCUT2D eigenvalue weighted by Gasteiger charge is 2.22. The topological polar surface area (TPSA) is 108 Å². The summed E-state index contributed by atoms with van der Waals surface area (Å²) in [5.74, 6) is -0.531. The lowest BCUT2D eigenvalue weighted by atomic mass is 10.1. The zero-order valence-electron chi connectivity index (χ0n) is 18.3. The number of hydrogen-bond donors (Lipinski definition) is 1. The molecule has 1 amide bonds. The maximum absolute atomic E-state index is 13.1. The van der Waals surface area contributed by atoms with Crippen LogP contribution in [0.2, 0.25) is 5.02 Å². The highest BCUT2D eigenvalue weighted by molar-refractivity contribution is 6.33. The Balaban J connectivity index is 1.48. The number of aryl methyl sites for hydroxylation is 1. The summed E-state index contributed by atoms with van der Waals surface area (Å²) in [6, 6.07) is 12.9. The Kier molecular flexibility index (Phi) is 6.42. The molecule has 0 bridgehead atoms. The Labute approximate surface area is 198 Å². The molecular weight excluding hydrogens is 463 g/mol. The number of carbonyl (C=O) groups excluding carboxylic acids is 1. The molecule has 1 N–H and O–H groups in total. The molecule has 2 aromatic heterocycles. The van der Waals surface area contributed by atoms with Gasteiger partial charge in [-0.1, -0.05) is 35.9 Å². The summed E-state index contributed by atoms with van der Waals surface area (Å²) in [5.41, 5.74) is 2.71. The van der Waals surface area contributed by atoms with Crippen molar-refractivity contribution in [3.63, 3.8) is 0 Å². The number of benzene rings is 2. The number of halogens is 2. The Morgan fingerprint density at radius 1 is 1.12 bits per heavy atom. The first-order valence-corrected chi connectivity index (χ1v) is 10.6. The molecule has 0 radical (unpaired) electrons. The lowest BCUT2D eigenvalue weighted by Crippen LogP contribution is -2.14. The Morgan fingerprint density at radius 3 is 2.53 bits per heavy atom. The van der Waals surface area contributed by atoms with Crippen LogP contribution >= 0.6 is 11.6 Å². The third kappa shape index (κ3) is 4.96. The van der Waals surface area contributed by atoms with Crippen molar-refractivity contribution < 1.29 is 14.1 Å². The summed E-state index contributed by atoms with van der Waals surface area (Å²) >= 11 is 6.24. The first-order valence-electron chi connectivity index (χ1n) is 10.3. The molecule has 2 aromatic carbocycles. The van der Waals surface area contributed by atoms with Gasteiger partial charge >= 0.3 is 5.69 Å². The number of carbonyl (C=O) groups is 1. The number of nitrogens with zero attached hydrogens (tertiary/aromatic N) is 5. The summed E-state index contributed by atoms with van der Waals surface area (Å²) in [7, 11) is 0. The maximum atomic E-state index is 13.1. The van der Waals surface area contributed by atoms with Gasteiger partial charge in [0.1, 0.15) is 22.2 Å². The largest absolute Gasteiger partial charge is 0.312 e. The van der Waals surface area contributed by atoms with Crippen molar-refractivity contribution in [3.8, 4) is 0 Å². The second-order valence-corrected chi connectivity index (χ2v) is 8.15. The molecule has 4 aromatic rings. The van der Waals surface area contributed by atoms with Gasteiger partial charge in [-0.25, -0.2) is 4.39 Å². The van der Waals surface area contributed by atoms with Crippen molar-refractivity contribution in [1.29, 1.82) is 0 Å². The molecule has 0 unspecified atom stereocenters. The molecule has 0 aliphatic heterocycles. The van der Waals surface area contributed by atoms with Crippen LogP contribution in [0.4, 0.5) is 15.9 Å². The van der Waals surface area contributed by atoms with E-state index in [4.69, 9.17) is 11.6 Å². The second-order valence-electron chi connectivity index (χ2n) is 7.74. The normalized spacial score (nSPS) is 10.9. The zero-order valence-corrected chi connectivity index (χ0v) is 19.1. The van der Waals surface area contributed by atoms with E-state index in [0.717, 1.165) is 11.1 Å². The van der Waals surface area contributed by atoms with Gasteiger partial charge in [-0.3, -0.25) is 24.3 Å². The quantitative estimate of drug-likeness (QED) is 0.302. The van der Waals surface area contributed by atoms with Crippen LogP contribution in [0.15, 0.2) is 54.7 Å². The van der Waals surface area contributed by atoms with E-state index in [9.17, 15) is 19.3 Å². The van der Waals surface area contributed by atoms with Crippen LogP contribution in [-0.2, 0) is 13.1 Å². The third-order valence-corrected chi connectivity index (χ3v) is 5.53. The lowest BCUT2D eigenvalue weighted by Gasteiger charge is -2.07. The number of nitro groups is 1. The number of anilines is 1. The van der Waals surface area contributed by atoms with Gasteiger partial charge < -0.3 is 5.32 Å². The van der Waals surface area contributed by atoms with Crippen LogP contribution < -0.4 is 5.32 Å². The van der Waals surface area contributed by atoms with Gasteiger partial charge in [-0.2, -0.15) is 10.2 Å². The smallest absolute Gasteiger partial charge is 0.304 e. The van der Waals surface area contributed by atoms with E-state index in [2.05, 4.69) is 15.5 Å². The van der Waals surface area contributed by atoms with Crippen molar-refractivity contribution in [2.75, 3.05) is 5.32 Å². The second kappa shape index (κ2) is 9.44. The molecule has 11 heteroatoms. The molecule has 0 atom stereocenters. The zero-order chi connectivity index (χ0) is 24.4. The molecule has 4 rings (SSSR count). The standard InChI is InChI=1S/C23H20ClFN6O3/c1-14-21(31(33)34)15(2)30(27-14)12-17-4-3-5-18(10-17)23(32)26-22-20(24)13-29(28-22)11-16-6-8-19(25)9-7-16/h3-10,13H,11-12H2,1-2H3,(H,26,28,32). The summed E-state index contributed by atoms with van der Waals surface area (Å²) in [6.07, 6.45) is 1.58. The molecule has 174 valence electrons. The van der Waals surface area contributed by atoms with Gasteiger partial charge in [0.15, 0.2) is 5.82 Å². The molecule has 2 heterocycles. The third-order valence-electron chi connectivity index (χ3n) is 5.25. The van der Waals surface area contributed by atoms with E-state index in [1.807, 2.05) is 6.07 Å². The van der Waals surface area contributed by atoms with Crippen molar-refractivity contribution in [2.24, 2.45) is 0 Å². The summed E-state index contributed by atoms with van der Waals surface area (Å²) in [5, 5.41) is 22.8. The van der Waals surface area contributed by atoms with Gasteiger partial charge in [-0.15, -0.1) is 0 Å². The minimum atomic E-state index is -0.447. The summed E-state index contributed by atoms with van der Waals surface area (Å²) in [6.45, 7) is 3.86. The van der Waals surface area contributed by atoms with Gasteiger partial charge in [0.2, 0.25) is 0 Å². The van der Waals surface area contributed by atoms with Crippen molar-refractivity contribution in [3.05, 3.63) is 104 Å². The molecule has 0 aliphatic carbocycles. The SMILES string of the molecule is Cc1nn(Cc2cccc(C(=O)Nc3nn(Cc4ccc(F)cc4)cc3Cl)c2)c(C)c1[N+](=O)[O-]. The molecule has 0 saturated carbocycles. The highest BCUT2D eigenvalue weighted by Crippen LogP contribution is 2.24. The van der Waals surface area contributed by atoms with E-state index in [1.165, 1.54) is 12.1 Å². The van der Waals surface area contributed by atoms with Crippen LogP contribution in [0.25, 0.3) is 0 Å². The minimum absolute atomic E-state index is 0.0141. The van der Waals surface area contributed by atoms with E-state index < -0.39 is 10.8 Å². The molecule has 9 nitrogen and oxygen atoms in total. The number of rotatable bonds is 7. The van der Waals surface area contributed by atoms with E-state index >= 15 is 0 Å². The minimum Gasteiger partial charge on any atom is -0.304 e. The number of nitrogens with one attached hydrogen (secondary N) is 1. The summed E-state index contributed by atoms with van der Waals surface area (Å²) < 4.78 is 16.2. The molecule has 34 heavy (non-hydrogen) atoms. The first-order chi connectivity index (χ1) is 16.2. The average Bonchev–Trinajstić information content (AvgIpc) is 3.27. The number of aromatic nitrogens is 4. The Bertz CT molecular complexity index is 1380. The summed E-state index contributed by atoms with van der Waals surface area (Å²) in [4.78, 5) is 23.6. The van der Waals surface area contributed by atoms with Gasteiger partial charge in [-0.05, 0) is 49.2 Å². The van der Waals surface area contributed by atoms with Crippen molar-refractivity contribution in [1.82, 2.24) is 19.6 Å². The number of amides is 1. The predicted octanol–water partition coefficient (Wildman–Crippen LogP) is 4.75. The van der Waals surface area contributed by atoms with E-state index in [0.29, 0.717) is 23.5 Å².